The van der Waals surface area contributed by atoms with E-state index in [9.17, 15) is 4.79 Å². The fourth-order valence-corrected chi connectivity index (χ4v) is 2.05. The summed E-state index contributed by atoms with van der Waals surface area (Å²) in [6.07, 6.45) is 1.21. The number of carbonyl (C=O) groups excluding carboxylic acids is 1. The molecule has 2 rings (SSSR count). The molecule has 2 heterocycles. The van der Waals surface area contributed by atoms with Gasteiger partial charge < -0.3 is 19.1 Å². The maximum atomic E-state index is 12.1. The average molecular weight is 294 g/mol. The lowest BCUT2D eigenvalue weighted by molar-refractivity contribution is -0.0434. The van der Waals surface area contributed by atoms with Crippen molar-refractivity contribution in [1.29, 1.82) is 0 Å². The number of hydrogen-bond donors (Lipinski definition) is 0. The van der Waals surface area contributed by atoms with Gasteiger partial charge in [-0.1, -0.05) is 0 Å². The molecule has 0 N–H and O–H groups in total. The lowest BCUT2D eigenvalue weighted by Crippen LogP contribution is -2.44. The number of methoxy groups -OCH3 is 1. The van der Waals surface area contributed by atoms with Gasteiger partial charge in [0.2, 0.25) is 5.88 Å². The van der Waals surface area contributed by atoms with E-state index < -0.39 is 5.60 Å². The first-order valence-electron chi connectivity index (χ1n) is 6.98. The molecule has 0 bridgehead atoms. The maximum absolute atomic E-state index is 12.1. The van der Waals surface area contributed by atoms with Gasteiger partial charge in [0.05, 0.1) is 20.3 Å². The molecule has 6 heteroatoms. The number of morpholine rings is 1. The molecule has 1 fully saturated rings. The van der Waals surface area contributed by atoms with E-state index >= 15 is 0 Å². The van der Waals surface area contributed by atoms with Gasteiger partial charge in [-0.2, -0.15) is 0 Å². The zero-order valence-electron chi connectivity index (χ0n) is 13.0. The Morgan fingerprint density at radius 1 is 1.43 bits per heavy atom. The summed E-state index contributed by atoms with van der Waals surface area (Å²) >= 11 is 0. The number of pyridine rings is 1. The molecule has 0 radical (unpaired) electrons. The molecule has 1 amide bonds. The minimum absolute atomic E-state index is 0.190. The predicted octanol–water partition coefficient (Wildman–Crippen LogP) is 2.40. The normalized spacial score (nSPS) is 19.2. The van der Waals surface area contributed by atoms with Gasteiger partial charge in [-0.05, 0) is 26.8 Å². The van der Waals surface area contributed by atoms with Crippen molar-refractivity contribution in [2.75, 3.05) is 26.8 Å². The van der Waals surface area contributed by atoms with Gasteiger partial charge in [0.25, 0.3) is 0 Å². The summed E-state index contributed by atoms with van der Waals surface area (Å²) in [5.41, 5.74) is 0.427. The Morgan fingerprint density at radius 3 is 2.76 bits per heavy atom. The van der Waals surface area contributed by atoms with Crippen LogP contribution in [0.25, 0.3) is 0 Å². The lowest BCUT2D eigenvalue weighted by Gasteiger charge is -2.34. The topological polar surface area (TPSA) is 60.9 Å². The molecule has 1 aromatic heterocycles. The van der Waals surface area contributed by atoms with Gasteiger partial charge in [-0.15, -0.1) is 0 Å². The molecule has 116 valence electrons. The highest BCUT2D eigenvalue weighted by atomic mass is 16.6. The van der Waals surface area contributed by atoms with Gasteiger partial charge in [0.1, 0.15) is 11.7 Å². The van der Waals surface area contributed by atoms with Crippen LogP contribution in [-0.2, 0) is 9.47 Å². The number of carbonyl (C=O) groups is 1. The van der Waals surface area contributed by atoms with Crippen LogP contribution in [0.5, 0.6) is 5.88 Å². The molecular weight excluding hydrogens is 272 g/mol. The van der Waals surface area contributed by atoms with Crippen LogP contribution in [0.3, 0.4) is 0 Å². The molecule has 6 nitrogen and oxygen atoms in total. The maximum Gasteiger partial charge on any atom is 0.410 e. The summed E-state index contributed by atoms with van der Waals surface area (Å²) < 4.78 is 16.1. The van der Waals surface area contributed by atoms with Crippen LogP contribution in [0.4, 0.5) is 4.79 Å². The van der Waals surface area contributed by atoms with Crippen molar-refractivity contribution in [3.05, 3.63) is 23.9 Å². The van der Waals surface area contributed by atoms with Crippen LogP contribution < -0.4 is 4.74 Å². The first-order valence-corrected chi connectivity index (χ1v) is 6.98. The number of ether oxygens (including phenoxy) is 3. The van der Waals surface area contributed by atoms with E-state index in [0.717, 1.165) is 5.56 Å². The van der Waals surface area contributed by atoms with Crippen molar-refractivity contribution in [3.63, 3.8) is 0 Å². The van der Waals surface area contributed by atoms with Crippen molar-refractivity contribution in [3.8, 4) is 5.88 Å². The fraction of sp³-hybridized carbons (Fsp3) is 0.600. The van der Waals surface area contributed by atoms with Gasteiger partial charge in [0.15, 0.2) is 0 Å². The second kappa shape index (κ2) is 6.30. The summed E-state index contributed by atoms with van der Waals surface area (Å²) in [6, 6.07) is 3.68. The Kier molecular flexibility index (Phi) is 4.67. The van der Waals surface area contributed by atoms with Crippen LogP contribution >= 0.6 is 0 Å². The van der Waals surface area contributed by atoms with E-state index in [1.165, 1.54) is 0 Å². The Morgan fingerprint density at radius 2 is 2.19 bits per heavy atom. The highest BCUT2D eigenvalue weighted by Crippen LogP contribution is 2.24. The van der Waals surface area contributed by atoms with Gasteiger partial charge in [0, 0.05) is 24.4 Å². The number of aromatic nitrogens is 1. The first kappa shape index (κ1) is 15.6. The van der Waals surface area contributed by atoms with E-state index in [1.54, 1.807) is 24.3 Å². The largest absolute Gasteiger partial charge is 0.481 e. The number of hydrogen-bond acceptors (Lipinski definition) is 5. The van der Waals surface area contributed by atoms with Gasteiger partial charge in [-0.3, -0.25) is 0 Å². The molecule has 1 saturated heterocycles. The summed E-state index contributed by atoms with van der Waals surface area (Å²) in [5.74, 6) is 0.554. The van der Waals surface area contributed by atoms with Crippen molar-refractivity contribution in [2.24, 2.45) is 0 Å². The number of amides is 1. The molecule has 1 aromatic rings. The standard InChI is InChI=1S/C15H22N2O4/c1-15(2,3)21-14(18)17-7-8-20-12(10-17)11-5-6-13(19-4)16-9-11/h5-6,9,12H,7-8,10H2,1-4H3. The Hall–Kier alpha value is -1.82. The molecule has 1 aliphatic heterocycles. The summed E-state index contributed by atoms with van der Waals surface area (Å²) in [6.45, 7) is 7.05. The van der Waals surface area contributed by atoms with E-state index in [0.29, 0.717) is 25.6 Å². The SMILES string of the molecule is COc1ccc(C2CN(C(=O)OC(C)(C)C)CCO2)cn1. The second-order valence-corrected chi connectivity index (χ2v) is 5.92. The lowest BCUT2D eigenvalue weighted by atomic mass is 10.1. The second-order valence-electron chi connectivity index (χ2n) is 5.92. The third-order valence-corrected chi connectivity index (χ3v) is 3.06. The van der Waals surface area contributed by atoms with E-state index in [2.05, 4.69) is 4.98 Å². The molecule has 0 aromatic carbocycles. The van der Waals surface area contributed by atoms with Crippen LogP contribution in [-0.4, -0.2) is 48.4 Å². The Balaban J connectivity index is 2.01. The third-order valence-electron chi connectivity index (χ3n) is 3.06. The van der Waals surface area contributed by atoms with Crippen LogP contribution in [0, 0.1) is 0 Å². The van der Waals surface area contributed by atoms with E-state index in [4.69, 9.17) is 14.2 Å². The van der Waals surface area contributed by atoms with Crippen LogP contribution in [0.2, 0.25) is 0 Å². The van der Waals surface area contributed by atoms with Gasteiger partial charge >= 0.3 is 6.09 Å². The minimum atomic E-state index is -0.493. The van der Waals surface area contributed by atoms with Crippen LogP contribution in [0.1, 0.15) is 32.4 Å². The van der Waals surface area contributed by atoms with Gasteiger partial charge in [-0.25, -0.2) is 9.78 Å². The quantitative estimate of drug-likeness (QED) is 0.838. The molecule has 0 aliphatic carbocycles. The molecule has 0 saturated carbocycles. The highest BCUT2D eigenvalue weighted by Gasteiger charge is 2.29. The van der Waals surface area contributed by atoms with E-state index in [-0.39, 0.29) is 12.2 Å². The smallest absolute Gasteiger partial charge is 0.410 e. The number of nitrogens with zero attached hydrogens (tertiary/aromatic N) is 2. The molecule has 1 atom stereocenters. The third kappa shape index (κ3) is 4.32. The monoisotopic (exact) mass is 294 g/mol. The number of rotatable bonds is 2. The molecular formula is C15H22N2O4. The summed E-state index contributed by atoms with van der Waals surface area (Å²) in [4.78, 5) is 17.9. The van der Waals surface area contributed by atoms with Crippen molar-refractivity contribution in [1.82, 2.24) is 9.88 Å². The van der Waals surface area contributed by atoms with Crippen molar-refractivity contribution >= 4 is 6.09 Å². The molecule has 0 spiro atoms. The zero-order chi connectivity index (χ0) is 15.5. The summed E-state index contributed by atoms with van der Waals surface area (Å²) in [7, 11) is 1.57. The Labute approximate surface area is 125 Å². The molecule has 1 aliphatic rings. The Bertz CT molecular complexity index is 481. The summed E-state index contributed by atoms with van der Waals surface area (Å²) in [5, 5.41) is 0. The highest BCUT2D eigenvalue weighted by molar-refractivity contribution is 5.68. The van der Waals surface area contributed by atoms with Crippen molar-refractivity contribution in [2.45, 2.75) is 32.5 Å². The first-order chi connectivity index (χ1) is 9.89. The predicted molar refractivity (Wildman–Crippen MR) is 77.3 cm³/mol. The molecule has 1 unspecified atom stereocenters. The van der Waals surface area contributed by atoms with Crippen molar-refractivity contribution < 1.29 is 19.0 Å². The fourth-order valence-electron chi connectivity index (χ4n) is 2.05. The van der Waals surface area contributed by atoms with Crippen LogP contribution in [0.15, 0.2) is 18.3 Å². The van der Waals surface area contributed by atoms with E-state index in [1.807, 2.05) is 26.8 Å². The minimum Gasteiger partial charge on any atom is -0.481 e. The zero-order valence-corrected chi connectivity index (χ0v) is 13.0. The molecule has 21 heavy (non-hydrogen) atoms. The average Bonchev–Trinajstić information content (AvgIpc) is 2.46.